The van der Waals surface area contributed by atoms with E-state index < -0.39 is 6.09 Å². The number of nitrogens with one attached hydrogen (secondary N) is 1. The van der Waals surface area contributed by atoms with Gasteiger partial charge in [-0.25, -0.2) is 14.7 Å². The van der Waals surface area contributed by atoms with E-state index in [4.69, 9.17) is 4.74 Å². The van der Waals surface area contributed by atoms with Crippen LogP contribution in [-0.2, 0) is 16.2 Å². The van der Waals surface area contributed by atoms with Crippen LogP contribution in [0.2, 0.25) is 0 Å². The summed E-state index contributed by atoms with van der Waals surface area (Å²) in [4.78, 5) is 48.4. The van der Waals surface area contributed by atoms with Crippen LogP contribution in [0.1, 0.15) is 51.2 Å². The number of aryl methyl sites for hydroxylation is 1. The van der Waals surface area contributed by atoms with E-state index in [1.54, 1.807) is 11.8 Å². The van der Waals surface area contributed by atoms with Gasteiger partial charge in [-0.15, -0.1) is 0 Å². The Morgan fingerprint density at radius 3 is 2.65 bits per heavy atom. The molecule has 0 bridgehead atoms. The largest absolute Gasteiger partial charge is 0.447 e. The lowest BCUT2D eigenvalue weighted by Crippen LogP contribution is -2.58. The minimum absolute atomic E-state index is 0.0162. The summed E-state index contributed by atoms with van der Waals surface area (Å²) in [5.74, 6) is 1.66. The maximum atomic E-state index is 12.4. The molecule has 2 aromatic rings. The minimum atomic E-state index is -0.404. The smallest absolute Gasteiger partial charge is 0.417 e. The first-order valence-corrected chi connectivity index (χ1v) is 12.9. The first-order valence-electron chi connectivity index (χ1n) is 12.9. The summed E-state index contributed by atoms with van der Waals surface area (Å²) in [6, 6.07) is 0.0241. The predicted octanol–water partition coefficient (Wildman–Crippen LogP) is 2.35. The lowest BCUT2D eigenvalue weighted by Gasteiger charge is -2.44. The van der Waals surface area contributed by atoms with Crippen LogP contribution in [0.25, 0.3) is 0 Å². The van der Waals surface area contributed by atoms with Gasteiger partial charge in [0.1, 0.15) is 12.4 Å². The summed E-state index contributed by atoms with van der Waals surface area (Å²) in [5.41, 5.74) is 0.845. The van der Waals surface area contributed by atoms with Crippen molar-refractivity contribution >= 4 is 23.9 Å². The van der Waals surface area contributed by atoms with Crippen LogP contribution in [0.15, 0.2) is 25.2 Å². The molecule has 2 aliphatic heterocycles. The van der Waals surface area contributed by atoms with Gasteiger partial charge in [0.15, 0.2) is 0 Å². The Labute approximate surface area is 216 Å². The fraction of sp³-hybridized carbons (Fsp3) is 0.600. The van der Waals surface area contributed by atoms with Crippen LogP contribution in [0.4, 0.5) is 16.7 Å². The lowest BCUT2D eigenvalue weighted by atomic mass is 10.1. The van der Waals surface area contributed by atoms with Gasteiger partial charge in [0.2, 0.25) is 17.8 Å². The summed E-state index contributed by atoms with van der Waals surface area (Å²) in [6.07, 6.45) is 6.98. The molecule has 1 N–H and O–H groups in total. The van der Waals surface area contributed by atoms with E-state index in [0.717, 1.165) is 31.6 Å². The molecule has 4 heterocycles. The molecule has 0 spiro atoms. The van der Waals surface area contributed by atoms with Crippen molar-refractivity contribution in [3.63, 3.8) is 0 Å². The van der Waals surface area contributed by atoms with Crippen LogP contribution >= 0.6 is 0 Å². The van der Waals surface area contributed by atoms with Crippen molar-refractivity contribution < 1.29 is 14.3 Å². The number of carbonyl (C=O) groups is 2. The molecule has 2 amide bonds. The normalized spacial score (nSPS) is 25.2. The van der Waals surface area contributed by atoms with E-state index in [2.05, 4.69) is 50.6 Å². The average Bonchev–Trinajstić information content (AvgIpc) is 3.45. The molecule has 12 nitrogen and oxygen atoms in total. The molecule has 1 aliphatic carbocycles. The Kier molecular flexibility index (Phi) is 6.84. The van der Waals surface area contributed by atoms with Gasteiger partial charge in [-0.05, 0) is 52.5 Å². The first kappa shape index (κ1) is 25.1. The third kappa shape index (κ3) is 5.29. The highest BCUT2D eigenvalue weighted by atomic mass is 16.6. The molecular formula is C25H35N9O3. The Hall–Kier alpha value is -3.54. The zero-order chi connectivity index (χ0) is 26.3. The number of imidazole rings is 1. The number of hydrogen-bond donors (Lipinski definition) is 1. The van der Waals surface area contributed by atoms with Gasteiger partial charge in [-0.3, -0.25) is 9.69 Å². The zero-order valence-electron chi connectivity index (χ0n) is 21.9. The van der Waals surface area contributed by atoms with E-state index in [9.17, 15) is 9.59 Å². The van der Waals surface area contributed by atoms with E-state index >= 15 is 0 Å². The molecule has 0 unspecified atom stereocenters. The molecule has 0 aromatic carbocycles. The van der Waals surface area contributed by atoms with Crippen LogP contribution in [0, 0.1) is 12.8 Å². The molecule has 4 atom stereocenters. The number of ether oxygens (including phenoxy) is 1. The third-order valence-electron chi connectivity index (χ3n) is 7.25. The molecule has 2 saturated heterocycles. The Morgan fingerprint density at radius 1 is 1.24 bits per heavy atom. The van der Waals surface area contributed by atoms with Crippen LogP contribution in [-0.4, -0.2) is 84.1 Å². The van der Waals surface area contributed by atoms with Crippen molar-refractivity contribution in [1.82, 2.24) is 34.3 Å². The number of anilines is 2. The molecule has 12 heteroatoms. The predicted molar refractivity (Wildman–Crippen MR) is 137 cm³/mol. The molecule has 5 rings (SSSR count). The molecule has 37 heavy (non-hydrogen) atoms. The highest BCUT2D eigenvalue weighted by molar-refractivity contribution is 5.88. The van der Waals surface area contributed by atoms with Crippen LogP contribution < -0.4 is 10.2 Å². The van der Waals surface area contributed by atoms with Crippen molar-refractivity contribution in [1.29, 1.82) is 0 Å². The Bertz CT molecular complexity index is 1170. The van der Waals surface area contributed by atoms with Gasteiger partial charge in [0.25, 0.3) is 0 Å². The average molecular weight is 510 g/mol. The zero-order valence-corrected chi connectivity index (χ0v) is 21.9. The number of hydrogen-bond acceptors (Lipinski definition) is 9. The second-order valence-corrected chi connectivity index (χ2v) is 10.4. The van der Waals surface area contributed by atoms with E-state index in [0.29, 0.717) is 36.9 Å². The monoisotopic (exact) mass is 509 g/mol. The van der Waals surface area contributed by atoms with E-state index in [1.165, 1.54) is 6.08 Å². The van der Waals surface area contributed by atoms with Gasteiger partial charge >= 0.3 is 6.09 Å². The maximum Gasteiger partial charge on any atom is 0.417 e. The lowest BCUT2D eigenvalue weighted by molar-refractivity contribution is -0.134. The number of cyclic esters (lactones) is 1. The molecule has 0 radical (unpaired) electrons. The van der Waals surface area contributed by atoms with Crippen LogP contribution in [0.5, 0.6) is 0 Å². The maximum absolute atomic E-state index is 12.4. The third-order valence-corrected chi connectivity index (χ3v) is 7.25. The molecule has 1 saturated carbocycles. The number of aromatic nitrogens is 5. The summed E-state index contributed by atoms with van der Waals surface area (Å²) in [6.45, 7) is 14.1. The SMILES string of the molecule is C=CC(=O)N1[C@H](C)CN(Cn2cnc([C@H](C)Nc3nc(C)nc(N4C(=O)OC[C@@H]4C4CC4)n3)c2)C[C@@H]1C. The number of nitrogens with zero attached hydrogens (tertiary/aromatic N) is 8. The number of piperazine rings is 1. The first-order chi connectivity index (χ1) is 17.7. The van der Waals surface area contributed by atoms with Gasteiger partial charge in [-0.1, -0.05) is 6.58 Å². The number of rotatable bonds is 8. The number of carbonyl (C=O) groups excluding carboxylic acids is 2. The molecule has 3 fully saturated rings. The summed E-state index contributed by atoms with van der Waals surface area (Å²) in [5, 5.41) is 3.31. The van der Waals surface area contributed by atoms with Crippen molar-refractivity contribution in [3.05, 3.63) is 36.7 Å². The molecule has 3 aliphatic rings. The summed E-state index contributed by atoms with van der Waals surface area (Å²) in [7, 11) is 0. The standard InChI is InChI=1S/C25H35N9O3/c1-6-22(35)33-15(2)9-31(10-16(33)3)14-32-11-20(26-13-32)17(4)27-23-28-18(5)29-24(30-23)34-21(19-7-8-19)12-37-25(34)36/h6,11,13,15-17,19,21H,1,7-10,12,14H2,2-5H3,(H,27,28,29,30)/t15-,16+,17-,21+/m0/s1. The van der Waals surface area contributed by atoms with Gasteiger partial charge in [-0.2, -0.15) is 15.0 Å². The highest BCUT2D eigenvalue weighted by Crippen LogP contribution is 2.39. The topological polar surface area (TPSA) is 122 Å². The van der Waals surface area contributed by atoms with E-state index in [1.807, 2.05) is 28.9 Å². The second-order valence-electron chi connectivity index (χ2n) is 10.4. The fourth-order valence-electron chi connectivity index (χ4n) is 5.40. The molecule has 2 aromatic heterocycles. The fourth-order valence-corrected chi connectivity index (χ4v) is 5.40. The molecular weight excluding hydrogens is 474 g/mol. The van der Waals surface area contributed by atoms with Crippen molar-refractivity contribution in [2.45, 2.75) is 71.4 Å². The van der Waals surface area contributed by atoms with Crippen molar-refractivity contribution in [2.75, 3.05) is 29.9 Å². The van der Waals surface area contributed by atoms with Gasteiger partial charge in [0, 0.05) is 31.4 Å². The summed E-state index contributed by atoms with van der Waals surface area (Å²) < 4.78 is 7.34. The van der Waals surface area contributed by atoms with Crippen molar-refractivity contribution in [2.24, 2.45) is 5.92 Å². The highest BCUT2D eigenvalue weighted by Gasteiger charge is 2.45. The molecule has 198 valence electrons. The van der Waals surface area contributed by atoms with Crippen molar-refractivity contribution in [3.8, 4) is 0 Å². The van der Waals surface area contributed by atoms with Crippen LogP contribution in [0.3, 0.4) is 0 Å². The Morgan fingerprint density at radius 2 is 1.97 bits per heavy atom. The Balaban J connectivity index is 1.23. The van der Waals surface area contributed by atoms with E-state index in [-0.39, 0.29) is 30.1 Å². The second kappa shape index (κ2) is 10.1. The summed E-state index contributed by atoms with van der Waals surface area (Å²) >= 11 is 0. The minimum Gasteiger partial charge on any atom is -0.447 e. The quantitative estimate of drug-likeness (QED) is 0.534. The van der Waals surface area contributed by atoms with Gasteiger partial charge < -0.3 is 19.5 Å². The van der Waals surface area contributed by atoms with Gasteiger partial charge in [0.05, 0.1) is 30.8 Å². The number of amides is 2.